The van der Waals surface area contributed by atoms with Crippen LogP contribution in [0.2, 0.25) is 0 Å². The molecule has 1 N–H and O–H groups in total. The molecule has 17 heavy (non-hydrogen) atoms. The highest BCUT2D eigenvalue weighted by Gasteiger charge is 2.29. The summed E-state index contributed by atoms with van der Waals surface area (Å²) >= 11 is 0. The van der Waals surface area contributed by atoms with Gasteiger partial charge in [-0.15, -0.1) is 0 Å². The van der Waals surface area contributed by atoms with Crippen molar-refractivity contribution in [1.29, 1.82) is 0 Å². The van der Waals surface area contributed by atoms with Crippen LogP contribution in [0.15, 0.2) is 12.2 Å². The molecule has 0 aromatic carbocycles. The van der Waals surface area contributed by atoms with Gasteiger partial charge in [0, 0.05) is 25.2 Å². The molecule has 96 valence electrons. The summed E-state index contributed by atoms with van der Waals surface area (Å²) in [5.41, 5.74) is 0. The Morgan fingerprint density at radius 1 is 1.06 bits per heavy atom. The third-order valence-corrected chi connectivity index (χ3v) is 4.50. The van der Waals surface area contributed by atoms with Gasteiger partial charge in [0.05, 0.1) is 0 Å². The van der Waals surface area contributed by atoms with Crippen molar-refractivity contribution < 1.29 is 0 Å². The highest BCUT2D eigenvalue weighted by atomic mass is 15.2. The van der Waals surface area contributed by atoms with Crippen molar-refractivity contribution in [3.8, 4) is 0 Å². The Morgan fingerprint density at radius 2 is 2.00 bits per heavy atom. The molecular weight excluding hydrogens is 208 g/mol. The molecule has 0 aromatic heterocycles. The minimum atomic E-state index is 0.742. The van der Waals surface area contributed by atoms with Crippen molar-refractivity contribution in [2.24, 2.45) is 5.92 Å². The van der Waals surface area contributed by atoms with Gasteiger partial charge in [-0.1, -0.05) is 12.2 Å². The molecule has 0 amide bonds. The predicted molar refractivity (Wildman–Crippen MR) is 72.1 cm³/mol. The van der Waals surface area contributed by atoms with Crippen molar-refractivity contribution in [3.05, 3.63) is 12.2 Å². The van der Waals surface area contributed by atoms with E-state index in [1.807, 2.05) is 0 Å². The first kappa shape index (κ1) is 11.7. The number of hydrogen-bond acceptors (Lipinski definition) is 2. The Morgan fingerprint density at radius 3 is 2.65 bits per heavy atom. The van der Waals surface area contributed by atoms with Gasteiger partial charge in [-0.25, -0.2) is 0 Å². The smallest absolute Gasteiger partial charge is 0.0279 e. The summed E-state index contributed by atoms with van der Waals surface area (Å²) in [5.74, 6) is 1.02. The maximum absolute atomic E-state index is 3.65. The van der Waals surface area contributed by atoms with Crippen LogP contribution in [0.4, 0.5) is 0 Å². The average molecular weight is 234 g/mol. The number of nitrogens with one attached hydrogen (secondary N) is 1. The van der Waals surface area contributed by atoms with E-state index in [9.17, 15) is 0 Å². The zero-order valence-corrected chi connectivity index (χ0v) is 10.9. The van der Waals surface area contributed by atoms with Crippen LogP contribution in [-0.4, -0.2) is 36.6 Å². The van der Waals surface area contributed by atoms with E-state index in [0.717, 1.165) is 18.0 Å². The molecule has 2 atom stereocenters. The Bertz CT molecular complexity index is 264. The van der Waals surface area contributed by atoms with E-state index < -0.39 is 0 Å². The van der Waals surface area contributed by atoms with E-state index in [2.05, 4.69) is 22.4 Å². The second-order valence-electron chi connectivity index (χ2n) is 6.12. The van der Waals surface area contributed by atoms with Crippen LogP contribution < -0.4 is 5.32 Å². The molecule has 0 bridgehead atoms. The molecule has 2 fully saturated rings. The van der Waals surface area contributed by atoms with Gasteiger partial charge in [0.15, 0.2) is 0 Å². The van der Waals surface area contributed by atoms with Crippen LogP contribution in [0.3, 0.4) is 0 Å². The summed E-state index contributed by atoms with van der Waals surface area (Å²) in [6.45, 7) is 3.88. The topological polar surface area (TPSA) is 15.3 Å². The molecule has 0 spiro atoms. The van der Waals surface area contributed by atoms with Gasteiger partial charge in [0.25, 0.3) is 0 Å². The van der Waals surface area contributed by atoms with Crippen molar-refractivity contribution >= 4 is 0 Å². The maximum Gasteiger partial charge on any atom is 0.0279 e. The van der Waals surface area contributed by atoms with E-state index in [1.165, 1.54) is 64.6 Å². The lowest BCUT2D eigenvalue weighted by atomic mass is 10.00. The molecule has 1 heterocycles. The summed E-state index contributed by atoms with van der Waals surface area (Å²) in [7, 11) is 0. The Kier molecular flexibility index (Phi) is 3.82. The molecule has 1 saturated carbocycles. The lowest BCUT2D eigenvalue weighted by molar-refractivity contribution is 0.188. The predicted octanol–water partition coefficient (Wildman–Crippen LogP) is 2.56. The lowest BCUT2D eigenvalue weighted by Crippen LogP contribution is -2.44. The number of rotatable bonds is 5. The molecule has 2 aliphatic carbocycles. The third-order valence-electron chi connectivity index (χ3n) is 4.50. The Labute approximate surface area is 105 Å². The monoisotopic (exact) mass is 234 g/mol. The van der Waals surface area contributed by atoms with Gasteiger partial charge in [0.2, 0.25) is 0 Å². The summed E-state index contributed by atoms with van der Waals surface area (Å²) in [5, 5.41) is 3.65. The summed E-state index contributed by atoms with van der Waals surface area (Å²) < 4.78 is 0. The molecule has 3 aliphatic rings. The van der Waals surface area contributed by atoms with E-state index >= 15 is 0 Å². The van der Waals surface area contributed by atoms with Gasteiger partial charge in [-0.2, -0.15) is 0 Å². The second-order valence-corrected chi connectivity index (χ2v) is 6.12. The van der Waals surface area contributed by atoms with Gasteiger partial charge in [-0.05, 0) is 57.4 Å². The fourth-order valence-corrected chi connectivity index (χ4v) is 3.27. The summed E-state index contributed by atoms with van der Waals surface area (Å²) in [6, 6.07) is 1.51. The molecule has 0 radical (unpaired) electrons. The minimum Gasteiger partial charge on any atom is -0.313 e. The largest absolute Gasteiger partial charge is 0.313 e. The van der Waals surface area contributed by atoms with Crippen LogP contribution in [-0.2, 0) is 0 Å². The van der Waals surface area contributed by atoms with Gasteiger partial charge >= 0.3 is 0 Å². The molecule has 1 saturated heterocycles. The normalized spacial score (nSPS) is 33.5. The molecular formula is C15H26N2. The molecule has 2 heteroatoms. The number of hydrogen-bond donors (Lipinski definition) is 1. The SMILES string of the molecule is C1=CC(N(CC2CC2)CC2CCCN2)CCC1. The average Bonchev–Trinajstić information content (AvgIpc) is 3.04. The van der Waals surface area contributed by atoms with Crippen LogP contribution in [0.5, 0.6) is 0 Å². The van der Waals surface area contributed by atoms with E-state index in [0.29, 0.717) is 0 Å². The van der Waals surface area contributed by atoms with Crippen molar-refractivity contribution in [3.63, 3.8) is 0 Å². The van der Waals surface area contributed by atoms with Crippen molar-refractivity contribution in [2.45, 2.75) is 57.0 Å². The second kappa shape index (κ2) is 5.53. The zero-order chi connectivity index (χ0) is 11.5. The van der Waals surface area contributed by atoms with Gasteiger partial charge in [0.1, 0.15) is 0 Å². The molecule has 3 rings (SSSR count). The van der Waals surface area contributed by atoms with Crippen LogP contribution in [0.1, 0.15) is 44.9 Å². The fraction of sp³-hybridized carbons (Fsp3) is 0.867. The van der Waals surface area contributed by atoms with Crippen LogP contribution in [0, 0.1) is 5.92 Å². The third kappa shape index (κ3) is 3.32. The quantitative estimate of drug-likeness (QED) is 0.736. The first-order valence-corrected chi connectivity index (χ1v) is 7.56. The number of nitrogens with zero attached hydrogens (tertiary/aromatic N) is 1. The first-order valence-electron chi connectivity index (χ1n) is 7.56. The fourth-order valence-electron chi connectivity index (χ4n) is 3.27. The highest BCUT2D eigenvalue weighted by Crippen LogP contribution is 2.31. The molecule has 0 aromatic rings. The Hall–Kier alpha value is -0.340. The van der Waals surface area contributed by atoms with Crippen LogP contribution >= 0.6 is 0 Å². The summed E-state index contributed by atoms with van der Waals surface area (Å²) in [6.07, 6.45) is 14.7. The lowest BCUT2D eigenvalue weighted by Gasteiger charge is -2.33. The van der Waals surface area contributed by atoms with Crippen LogP contribution in [0.25, 0.3) is 0 Å². The van der Waals surface area contributed by atoms with Crippen molar-refractivity contribution in [1.82, 2.24) is 10.2 Å². The van der Waals surface area contributed by atoms with E-state index in [-0.39, 0.29) is 0 Å². The zero-order valence-electron chi connectivity index (χ0n) is 10.9. The molecule has 2 unspecified atom stereocenters. The maximum atomic E-state index is 3.65. The van der Waals surface area contributed by atoms with Crippen molar-refractivity contribution in [2.75, 3.05) is 19.6 Å². The summed E-state index contributed by atoms with van der Waals surface area (Å²) in [4.78, 5) is 2.77. The minimum absolute atomic E-state index is 0.742. The molecule has 1 aliphatic heterocycles. The van der Waals surface area contributed by atoms with E-state index in [1.54, 1.807) is 0 Å². The highest BCUT2D eigenvalue weighted by molar-refractivity contribution is 5.00. The number of allylic oxidation sites excluding steroid dienone is 1. The van der Waals surface area contributed by atoms with Gasteiger partial charge < -0.3 is 5.32 Å². The van der Waals surface area contributed by atoms with Gasteiger partial charge in [-0.3, -0.25) is 4.90 Å². The first-order chi connectivity index (χ1) is 8.42. The van der Waals surface area contributed by atoms with E-state index in [4.69, 9.17) is 0 Å². The standard InChI is InChI=1S/C15H26N2/c1-2-6-15(7-3-1)17(11-13-8-9-13)12-14-5-4-10-16-14/h2,6,13-16H,1,3-5,7-12H2. The Balaban J connectivity index is 1.57. The molecule has 2 nitrogen and oxygen atoms in total.